The number of nitrogens with one attached hydrogen (secondary N) is 1. The van der Waals surface area contributed by atoms with E-state index >= 15 is 0 Å². The largest absolute Gasteiger partial charge is 0.481 e. The zero-order valence-corrected chi connectivity index (χ0v) is 13.1. The van der Waals surface area contributed by atoms with Gasteiger partial charge in [-0.25, -0.2) is 8.42 Å². The summed E-state index contributed by atoms with van der Waals surface area (Å²) in [5, 5.41) is 12.0. The third-order valence-electron chi connectivity index (χ3n) is 4.78. The highest BCUT2D eigenvalue weighted by Gasteiger charge is 2.42. The lowest BCUT2D eigenvalue weighted by atomic mass is 9.95. The molecule has 120 valence electrons. The summed E-state index contributed by atoms with van der Waals surface area (Å²) in [6, 6.07) is 0. The van der Waals surface area contributed by atoms with Gasteiger partial charge in [0.1, 0.15) is 0 Å². The molecule has 0 aromatic rings. The van der Waals surface area contributed by atoms with Crippen molar-refractivity contribution in [3.63, 3.8) is 0 Å². The molecule has 1 aliphatic heterocycles. The molecule has 1 saturated heterocycles. The third-order valence-corrected chi connectivity index (χ3v) is 6.62. The van der Waals surface area contributed by atoms with Crippen LogP contribution in [0.1, 0.15) is 32.6 Å². The van der Waals surface area contributed by atoms with E-state index in [1.54, 1.807) is 0 Å². The van der Waals surface area contributed by atoms with Crippen LogP contribution in [0.3, 0.4) is 0 Å². The third kappa shape index (κ3) is 3.96. The number of carbonyl (C=O) groups is 2. The second kappa shape index (κ2) is 6.34. The van der Waals surface area contributed by atoms with Crippen LogP contribution in [0.2, 0.25) is 0 Å². The normalized spacial score (nSPS) is 34.7. The van der Waals surface area contributed by atoms with E-state index in [0.717, 1.165) is 6.42 Å². The van der Waals surface area contributed by atoms with E-state index in [0.29, 0.717) is 25.8 Å². The Hall–Kier alpha value is -1.11. The maximum Gasteiger partial charge on any atom is 0.307 e. The van der Waals surface area contributed by atoms with Crippen LogP contribution in [0.15, 0.2) is 0 Å². The molecule has 1 amide bonds. The Morgan fingerprint density at radius 2 is 1.86 bits per heavy atom. The first-order chi connectivity index (χ1) is 9.82. The number of hydrogen-bond donors (Lipinski definition) is 2. The first-order valence-corrected chi connectivity index (χ1v) is 9.35. The minimum absolute atomic E-state index is 0.0365. The number of hydrogen-bond acceptors (Lipinski definition) is 4. The summed E-state index contributed by atoms with van der Waals surface area (Å²) in [7, 11) is -2.94. The molecule has 1 saturated carbocycles. The Labute approximate surface area is 125 Å². The van der Waals surface area contributed by atoms with Gasteiger partial charge in [-0.15, -0.1) is 0 Å². The van der Waals surface area contributed by atoms with Gasteiger partial charge in [0.05, 0.1) is 23.3 Å². The lowest BCUT2D eigenvalue weighted by Crippen LogP contribution is -2.38. The molecule has 0 spiro atoms. The second-order valence-corrected chi connectivity index (χ2v) is 8.54. The molecule has 7 heteroatoms. The van der Waals surface area contributed by atoms with E-state index in [-0.39, 0.29) is 29.2 Å². The van der Waals surface area contributed by atoms with Crippen molar-refractivity contribution in [2.75, 3.05) is 18.1 Å². The van der Waals surface area contributed by atoms with Crippen LogP contribution in [-0.4, -0.2) is 43.5 Å². The Kier molecular flexibility index (Phi) is 4.91. The standard InChI is InChI=1S/C14H23NO5S/c1-2-9-5-11(12(6-9)14(17)18)13(16)15-7-10-3-4-21(19,20)8-10/h9-12H,2-8H2,1H3,(H,15,16)(H,17,18). The van der Waals surface area contributed by atoms with Crippen molar-refractivity contribution in [2.24, 2.45) is 23.7 Å². The van der Waals surface area contributed by atoms with E-state index < -0.39 is 27.6 Å². The second-order valence-electron chi connectivity index (χ2n) is 6.31. The first-order valence-electron chi connectivity index (χ1n) is 7.53. The fraction of sp³-hybridized carbons (Fsp3) is 0.857. The van der Waals surface area contributed by atoms with Gasteiger partial charge in [-0.1, -0.05) is 13.3 Å². The molecule has 2 aliphatic rings. The molecule has 0 radical (unpaired) electrons. The maximum atomic E-state index is 12.2. The van der Waals surface area contributed by atoms with Crippen molar-refractivity contribution < 1.29 is 23.1 Å². The quantitative estimate of drug-likeness (QED) is 0.776. The number of carboxylic acids is 1. The van der Waals surface area contributed by atoms with Crippen molar-refractivity contribution in [3.05, 3.63) is 0 Å². The minimum atomic E-state index is -2.94. The predicted molar refractivity (Wildman–Crippen MR) is 77.4 cm³/mol. The number of carbonyl (C=O) groups excluding carboxylic acids is 1. The molecule has 4 atom stereocenters. The Morgan fingerprint density at radius 3 is 2.38 bits per heavy atom. The van der Waals surface area contributed by atoms with E-state index in [1.807, 2.05) is 6.92 Å². The highest BCUT2D eigenvalue weighted by Crippen LogP contribution is 2.38. The molecule has 0 aromatic heterocycles. The summed E-state index contributed by atoms with van der Waals surface area (Å²) in [4.78, 5) is 23.5. The van der Waals surface area contributed by atoms with Crippen molar-refractivity contribution in [3.8, 4) is 0 Å². The molecule has 4 unspecified atom stereocenters. The molecule has 2 fully saturated rings. The monoisotopic (exact) mass is 317 g/mol. The smallest absolute Gasteiger partial charge is 0.307 e. The van der Waals surface area contributed by atoms with Gasteiger partial charge in [0.15, 0.2) is 9.84 Å². The predicted octanol–water partition coefficient (Wildman–Crippen LogP) is 0.674. The number of sulfone groups is 1. The van der Waals surface area contributed by atoms with Crippen LogP contribution in [0.5, 0.6) is 0 Å². The number of rotatable bonds is 5. The molecule has 0 aromatic carbocycles. The lowest BCUT2D eigenvalue weighted by Gasteiger charge is -2.17. The average molecular weight is 317 g/mol. The Morgan fingerprint density at radius 1 is 1.19 bits per heavy atom. The van der Waals surface area contributed by atoms with Crippen LogP contribution >= 0.6 is 0 Å². The highest BCUT2D eigenvalue weighted by atomic mass is 32.2. The van der Waals surface area contributed by atoms with E-state index in [2.05, 4.69) is 5.32 Å². The van der Waals surface area contributed by atoms with Crippen LogP contribution in [-0.2, 0) is 19.4 Å². The van der Waals surface area contributed by atoms with Crippen LogP contribution in [0, 0.1) is 23.7 Å². The van der Waals surface area contributed by atoms with Crippen molar-refractivity contribution in [2.45, 2.75) is 32.6 Å². The summed E-state index contributed by atoms with van der Waals surface area (Å²) >= 11 is 0. The van der Waals surface area contributed by atoms with Crippen molar-refractivity contribution in [1.29, 1.82) is 0 Å². The molecule has 2 N–H and O–H groups in total. The van der Waals surface area contributed by atoms with Crippen molar-refractivity contribution >= 4 is 21.7 Å². The van der Waals surface area contributed by atoms with Gasteiger partial charge in [0.25, 0.3) is 0 Å². The molecule has 0 bridgehead atoms. The zero-order valence-electron chi connectivity index (χ0n) is 12.2. The molecule has 1 heterocycles. The van der Waals surface area contributed by atoms with E-state index in [1.165, 1.54) is 0 Å². The van der Waals surface area contributed by atoms with Crippen LogP contribution in [0.25, 0.3) is 0 Å². The summed E-state index contributed by atoms with van der Waals surface area (Å²) in [6.45, 7) is 2.34. The molecule has 2 rings (SSSR count). The van der Waals surface area contributed by atoms with Gasteiger partial charge in [-0.2, -0.15) is 0 Å². The van der Waals surface area contributed by atoms with E-state index in [4.69, 9.17) is 0 Å². The molecule has 1 aliphatic carbocycles. The van der Waals surface area contributed by atoms with E-state index in [9.17, 15) is 23.1 Å². The van der Waals surface area contributed by atoms with Gasteiger partial charge >= 0.3 is 5.97 Å². The Bertz CT molecular complexity index is 515. The highest BCUT2D eigenvalue weighted by molar-refractivity contribution is 7.91. The van der Waals surface area contributed by atoms with Gasteiger partial charge in [0, 0.05) is 6.54 Å². The molecule has 6 nitrogen and oxygen atoms in total. The molecule has 21 heavy (non-hydrogen) atoms. The topological polar surface area (TPSA) is 101 Å². The summed E-state index contributed by atoms with van der Waals surface area (Å²) in [5.74, 6) is -1.67. The fourth-order valence-electron chi connectivity index (χ4n) is 3.45. The maximum absolute atomic E-state index is 12.2. The Balaban J connectivity index is 1.89. The number of aliphatic carboxylic acids is 1. The van der Waals surface area contributed by atoms with Gasteiger partial charge in [-0.05, 0) is 31.1 Å². The number of amides is 1. The summed E-state index contributed by atoms with van der Waals surface area (Å²) < 4.78 is 22.7. The van der Waals surface area contributed by atoms with Gasteiger partial charge in [0.2, 0.25) is 5.91 Å². The minimum Gasteiger partial charge on any atom is -0.481 e. The van der Waals surface area contributed by atoms with Crippen LogP contribution in [0.4, 0.5) is 0 Å². The SMILES string of the molecule is CCC1CC(C(=O)O)C(C(=O)NCC2CCS(=O)(=O)C2)C1. The fourth-order valence-corrected chi connectivity index (χ4v) is 5.31. The lowest BCUT2D eigenvalue weighted by molar-refractivity contribution is -0.146. The van der Waals surface area contributed by atoms with Crippen LogP contribution < -0.4 is 5.32 Å². The summed E-state index contributed by atoms with van der Waals surface area (Å²) in [6.07, 6.45) is 2.63. The van der Waals surface area contributed by atoms with Gasteiger partial charge < -0.3 is 10.4 Å². The van der Waals surface area contributed by atoms with Crippen molar-refractivity contribution in [1.82, 2.24) is 5.32 Å². The first kappa shape index (κ1) is 16.3. The zero-order chi connectivity index (χ0) is 15.6. The molecular weight excluding hydrogens is 294 g/mol. The number of carboxylic acid groups (broad SMARTS) is 1. The average Bonchev–Trinajstić information content (AvgIpc) is 2.99. The van der Waals surface area contributed by atoms with Gasteiger partial charge in [-0.3, -0.25) is 9.59 Å². The summed E-state index contributed by atoms with van der Waals surface area (Å²) in [5.41, 5.74) is 0. The molecular formula is C14H23NO5S.